The Bertz CT molecular complexity index is 402. The summed E-state index contributed by atoms with van der Waals surface area (Å²) in [6.07, 6.45) is 2.64. The molecule has 0 radical (unpaired) electrons. The van der Waals surface area contributed by atoms with Crippen molar-refractivity contribution >= 4 is 29.9 Å². The molecular weight excluding hydrogens is 407 g/mol. The summed E-state index contributed by atoms with van der Waals surface area (Å²) in [5, 5.41) is 3.45. The number of morpholine rings is 1. The van der Waals surface area contributed by atoms with Crippen LogP contribution in [0.4, 0.5) is 0 Å². The van der Waals surface area contributed by atoms with Gasteiger partial charge in [0.15, 0.2) is 5.96 Å². The number of rotatable bonds is 3. The minimum absolute atomic E-state index is 0. The molecule has 0 aliphatic carbocycles. The van der Waals surface area contributed by atoms with Crippen LogP contribution in [0.5, 0.6) is 0 Å². The van der Waals surface area contributed by atoms with Crippen molar-refractivity contribution in [1.29, 1.82) is 0 Å². The van der Waals surface area contributed by atoms with E-state index in [1.165, 1.54) is 12.8 Å². The van der Waals surface area contributed by atoms with E-state index in [0.717, 1.165) is 65.0 Å². The first-order valence-electron chi connectivity index (χ1n) is 8.62. The molecular formula is C16H31IN4O2. The number of likely N-dealkylation sites (N-methyl/N-ethyl adjacent to an activating group) is 1. The van der Waals surface area contributed by atoms with Gasteiger partial charge in [-0.1, -0.05) is 0 Å². The van der Waals surface area contributed by atoms with E-state index in [1.54, 1.807) is 0 Å². The van der Waals surface area contributed by atoms with Crippen LogP contribution in [0.3, 0.4) is 0 Å². The molecule has 1 N–H and O–H groups in total. The molecule has 3 aliphatic rings. The Hall–Kier alpha value is -0.120. The first-order chi connectivity index (χ1) is 10.7. The van der Waals surface area contributed by atoms with E-state index in [-0.39, 0.29) is 30.1 Å². The summed E-state index contributed by atoms with van der Waals surface area (Å²) in [4.78, 5) is 9.57. The molecule has 3 fully saturated rings. The predicted molar refractivity (Wildman–Crippen MR) is 103 cm³/mol. The smallest absolute Gasteiger partial charge is 0.194 e. The molecule has 1 spiro atoms. The lowest BCUT2D eigenvalue weighted by Crippen LogP contribution is -2.44. The van der Waals surface area contributed by atoms with Crippen LogP contribution in [0.25, 0.3) is 0 Å². The Morgan fingerprint density at radius 1 is 1.30 bits per heavy atom. The monoisotopic (exact) mass is 438 g/mol. The van der Waals surface area contributed by atoms with Crippen LogP contribution < -0.4 is 5.32 Å². The maximum atomic E-state index is 5.82. The van der Waals surface area contributed by atoms with Gasteiger partial charge in [0.1, 0.15) is 0 Å². The lowest BCUT2D eigenvalue weighted by molar-refractivity contribution is -0.0137. The highest BCUT2D eigenvalue weighted by Gasteiger charge is 2.42. The van der Waals surface area contributed by atoms with Gasteiger partial charge in [0.2, 0.25) is 0 Å². The van der Waals surface area contributed by atoms with Gasteiger partial charge in [0, 0.05) is 44.7 Å². The number of guanidine groups is 1. The molecule has 3 aliphatic heterocycles. The summed E-state index contributed by atoms with van der Waals surface area (Å²) < 4.78 is 11.4. The van der Waals surface area contributed by atoms with Crippen molar-refractivity contribution in [3.8, 4) is 0 Å². The van der Waals surface area contributed by atoms with E-state index < -0.39 is 0 Å². The van der Waals surface area contributed by atoms with Gasteiger partial charge in [-0.15, -0.1) is 24.0 Å². The van der Waals surface area contributed by atoms with Crippen LogP contribution in [-0.4, -0.2) is 88.0 Å². The van der Waals surface area contributed by atoms with Crippen molar-refractivity contribution in [1.82, 2.24) is 15.1 Å². The third-order valence-corrected chi connectivity index (χ3v) is 5.04. The molecule has 6 nitrogen and oxygen atoms in total. The van der Waals surface area contributed by atoms with Crippen LogP contribution in [0, 0.1) is 5.41 Å². The summed E-state index contributed by atoms with van der Waals surface area (Å²) in [6, 6.07) is 0. The van der Waals surface area contributed by atoms with Gasteiger partial charge in [-0.05, 0) is 26.8 Å². The van der Waals surface area contributed by atoms with E-state index in [0.29, 0.717) is 5.41 Å². The molecule has 3 heterocycles. The summed E-state index contributed by atoms with van der Waals surface area (Å²) in [7, 11) is 2.15. The lowest BCUT2D eigenvalue weighted by Gasteiger charge is -2.30. The number of ether oxygens (including phenoxy) is 2. The first-order valence-corrected chi connectivity index (χ1v) is 8.62. The SMILES string of the molecule is CCNC(=NCC1CN(C)CCO1)N1CCC2(CCOC2)C1.I. The second-order valence-corrected chi connectivity index (χ2v) is 6.92. The maximum absolute atomic E-state index is 5.82. The summed E-state index contributed by atoms with van der Waals surface area (Å²) in [5.74, 6) is 1.04. The van der Waals surface area contributed by atoms with Crippen molar-refractivity contribution in [3.05, 3.63) is 0 Å². The highest BCUT2D eigenvalue weighted by atomic mass is 127. The van der Waals surface area contributed by atoms with E-state index in [4.69, 9.17) is 14.5 Å². The zero-order valence-electron chi connectivity index (χ0n) is 14.4. The second kappa shape index (κ2) is 8.82. The van der Waals surface area contributed by atoms with Crippen molar-refractivity contribution in [2.24, 2.45) is 10.4 Å². The largest absolute Gasteiger partial charge is 0.381 e. The first kappa shape index (κ1) is 19.2. The molecule has 3 rings (SSSR count). The van der Waals surface area contributed by atoms with Gasteiger partial charge in [-0.25, -0.2) is 0 Å². The third kappa shape index (κ3) is 4.93. The maximum Gasteiger partial charge on any atom is 0.194 e. The fraction of sp³-hybridized carbons (Fsp3) is 0.938. The molecule has 0 aromatic rings. The van der Waals surface area contributed by atoms with Gasteiger partial charge in [-0.3, -0.25) is 4.99 Å². The van der Waals surface area contributed by atoms with Gasteiger partial charge in [0.25, 0.3) is 0 Å². The van der Waals surface area contributed by atoms with E-state index in [2.05, 4.69) is 29.1 Å². The molecule has 0 saturated carbocycles. The minimum atomic E-state index is 0. The molecule has 0 amide bonds. The minimum Gasteiger partial charge on any atom is -0.381 e. The van der Waals surface area contributed by atoms with Crippen molar-refractivity contribution in [3.63, 3.8) is 0 Å². The van der Waals surface area contributed by atoms with Gasteiger partial charge < -0.3 is 24.6 Å². The molecule has 2 unspecified atom stereocenters. The van der Waals surface area contributed by atoms with Crippen LogP contribution in [0.15, 0.2) is 4.99 Å². The van der Waals surface area contributed by atoms with E-state index in [1.807, 2.05) is 0 Å². The number of hydrogen-bond donors (Lipinski definition) is 1. The second-order valence-electron chi connectivity index (χ2n) is 6.92. The van der Waals surface area contributed by atoms with Gasteiger partial charge in [0.05, 0.1) is 25.9 Å². The molecule has 23 heavy (non-hydrogen) atoms. The standard InChI is InChI=1S/C16H30N4O2.HI/c1-3-17-15(18-10-14-11-19(2)7-9-22-14)20-6-4-16(12-20)5-8-21-13-16;/h14H,3-13H2,1-2H3,(H,17,18);1H. The van der Waals surface area contributed by atoms with Gasteiger partial charge >= 0.3 is 0 Å². The Balaban J connectivity index is 0.00000192. The van der Waals surface area contributed by atoms with Crippen LogP contribution >= 0.6 is 24.0 Å². The molecule has 2 atom stereocenters. The number of likely N-dealkylation sites (tertiary alicyclic amines) is 1. The average Bonchev–Trinajstić information content (AvgIpc) is 3.14. The number of aliphatic imine (C=N–C) groups is 1. The highest BCUT2D eigenvalue weighted by Crippen LogP contribution is 2.38. The van der Waals surface area contributed by atoms with Crippen molar-refractivity contribution in [2.75, 3.05) is 66.1 Å². The quantitative estimate of drug-likeness (QED) is 0.405. The van der Waals surface area contributed by atoms with Gasteiger partial charge in [-0.2, -0.15) is 0 Å². The zero-order valence-corrected chi connectivity index (χ0v) is 16.8. The van der Waals surface area contributed by atoms with Crippen LogP contribution in [-0.2, 0) is 9.47 Å². The van der Waals surface area contributed by atoms with Crippen LogP contribution in [0.1, 0.15) is 19.8 Å². The number of halogens is 1. The molecule has 0 aromatic carbocycles. The van der Waals surface area contributed by atoms with E-state index >= 15 is 0 Å². The molecule has 134 valence electrons. The number of hydrogen-bond acceptors (Lipinski definition) is 4. The predicted octanol–water partition coefficient (Wildman–Crippen LogP) is 1.01. The summed E-state index contributed by atoms with van der Waals surface area (Å²) >= 11 is 0. The Kier molecular flexibility index (Phi) is 7.37. The fourth-order valence-corrected chi connectivity index (χ4v) is 3.68. The summed E-state index contributed by atoms with van der Waals surface area (Å²) in [5.41, 5.74) is 0.373. The van der Waals surface area contributed by atoms with Crippen molar-refractivity contribution in [2.45, 2.75) is 25.9 Å². The molecule has 0 aromatic heterocycles. The molecule has 7 heteroatoms. The lowest BCUT2D eigenvalue weighted by atomic mass is 9.87. The van der Waals surface area contributed by atoms with Crippen molar-refractivity contribution < 1.29 is 9.47 Å². The Labute approximate surface area is 157 Å². The Morgan fingerprint density at radius 2 is 2.17 bits per heavy atom. The van der Waals surface area contributed by atoms with E-state index in [9.17, 15) is 0 Å². The molecule has 3 saturated heterocycles. The average molecular weight is 438 g/mol. The number of nitrogens with one attached hydrogen (secondary N) is 1. The third-order valence-electron chi connectivity index (χ3n) is 5.04. The number of nitrogens with zero attached hydrogens (tertiary/aromatic N) is 3. The fourth-order valence-electron chi connectivity index (χ4n) is 3.68. The molecule has 0 bridgehead atoms. The topological polar surface area (TPSA) is 49.3 Å². The summed E-state index contributed by atoms with van der Waals surface area (Å²) in [6.45, 7) is 10.6. The zero-order chi connectivity index (χ0) is 15.4. The Morgan fingerprint density at radius 3 is 2.87 bits per heavy atom. The normalized spacial score (nSPS) is 32.3. The highest BCUT2D eigenvalue weighted by molar-refractivity contribution is 14.0. The van der Waals surface area contributed by atoms with Crippen LogP contribution in [0.2, 0.25) is 0 Å².